The van der Waals surface area contributed by atoms with Crippen molar-refractivity contribution in [3.8, 4) is 0 Å². The average Bonchev–Trinajstić information content (AvgIpc) is 2.55. The van der Waals surface area contributed by atoms with Gasteiger partial charge in [-0.15, -0.1) is 0 Å². The van der Waals surface area contributed by atoms with E-state index in [-0.39, 0.29) is 4.90 Å². The van der Waals surface area contributed by atoms with Crippen LogP contribution in [-0.4, -0.2) is 31.5 Å². The van der Waals surface area contributed by atoms with Gasteiger partial charge in [-0.05, 0) is 48.9 Å². The first-order valence-electron chi connectivity index (χ1n) is 7.60. The molecule has 0 spiro atoms. The smallest absolute Gasteiger partial charge is 0.238 e. The topological polar surface area (TPSA) is 89.2 Å². The van der Waals surface area contributed by atoms with E-state index in [9.17, 15) is 8.42 Å². The largest absolute Gasteiger partial charge is 0.341 e. The molecule has 1 aliphatic rings. The number of rotatable bonds is 3. The molecule has 6 nitrogen and oxygen atoms in total. The maximum absolute atomic E-state index is 11.3. The Kier molecular flexibility index (Phi) is 4.32. The summed E-state index contributed by atoms with van der Waals surface area (Å²) in [6.07, 6.45) is 5.65. The van der Waals surface area contributed by atoms with E-state index in [0.717, 1.165) is 43.0 Å². The van der Waals surface area contributed by atoms with Crippen LogP contribution in [0.15, 0.2) is 41.6 Å². The molecule has 1 aliphatic heterocycles. The van der Waals surface area contributed by atoms with Crippen molar-refractivity contribution in [2.24, 2.45) is 5.14 Å². The number of aryl methyl sites for hydroxylation is 1. The summed E-state index contributed by atoms with van der Waals surface area (Å²) in [5, 5.41) is 5.13. The quantitative estimate of drug-likeness (QED) is 0.926. The third-order valence-corrected chi connectivity index (χ3v) is 5.15. The molecule has 1 aromatic carbocycles. The maximum Gasteiger partial charge on any atom is 0.238 e. The van der Waals surface area contributed by atoms with Gasteiger partial charge < -0.3 is 4.90 Å². The van der Waals surface area contributed by atoms with E-state index in [1.54, 1.807) is 12.1 Å². The lowest BCUT2D eigenvalue weighted by atomic mass is 9.89. The number of primary sulfonamides is 1. The predicted molar refractivity (Wildman–Crippen MR) is 88.8 cm³/mol. The minimum Gasteiger partial charge on any atom is -0.341 e. The fraction of sp³-hybridized carbons (Fsp3) is 0.375. The molecule has 2 N–H and O–H groups in total. The van der Waals surface area contributed by atoms with Gasteiger partial charge in [-0.25, -0.2) is 23.5 Å². The number of piperidine rings is 1. The Balaban J connectivity index is 1.66. The number of anilines is 1. The Hall–Kier alpha value is -1.99. The summed E-state index contributed by atoms with van der Waals surface area (Å²) in [5.74, 6) is 1.20. The minimum absolute atomic E-state index is 0.159. The van der Waals surface area contributed by atoms with Crippen molar-refractivity contribution in [3.63, 3.8) is 0 Å². The molecule has 0 amide bonds. The Morgan fingerprint density at radius 1 is 1.09 bits per heavy atom. The molecular weight excluding hydrogens is 312 g/mol. The van der Waals surface area contributed by atoms with Crippen molar-refractivity contribution < 1.29 is 8.42 Å². The summed E-state index contributed by atoms with van der Waals surface area (Å²) in [6, 6.07) is 6.89. The van der Waals surface area contributed by atoms with Gasteiger partial charge in [-0.2, -0.15) is 0 Å². The summed E-state index contributed by atoms with van der Waals surface area (Å²) in [7, 11) is -3.62. The van der Waals surface area contributed by atoms with Gasteiger partial charge in [0.05, 0.1) is 4.90 Å². The zero-order valence-corrected chi connectivity index (χ0v) is 13.8. The summed E-state index contributed by atoms with van der Waals surface area (Å²) in [5.41, 5.74) is 2.21. The van der Waals surface area contributed by atoms with Gasteiger partial charge in [0.1, 0.15) is 0 Å². The van der Waals surface area contributed by atoms with Crippen molar-refractivity contribution >= 4 is 16.0 Å². The third kappa shape index (κ3) is 3.68. The van der Waals surface area contributed by atoms with E-state index in [1.165, 1.54) is 0 Å². The van der Waals surface area contributed by atoms with Crippen molar-refractivity contribution in [1.82, 2.24) is 9.97 Å². The second-order valence-corrected chi connectivity index (χ2v) is 7.50. The SMILES string of the molecule is Cc1cnc(N2CCC(c3ccc(S(N)(=O)=O)cc3)CC2)nc1. The van der Waals surface area contributed by atoms with Crippen molar-refractivity contribution in [2.45, 2.75) is 30.6 Å². The van der Waals surface area contributed by atoms with E-state index in [1.807, 2.05) is 31.5 Å². The molecule has 1 fully saturated rings. The van der Waals surface area contributed by atoms with Gasteiger partial charge in [0.25, 0.3) is 0 Å². The lowest BCUT2D eigenvalue weighted by Crippen LogP contribution is -2.34. The number of sulfonamides is 1. The highest BCUT2D eigenvalue weighted by Crippen LogP contribution is 2.29. The molecule has 7 heteroatoms. The number of hydrogen-bond donors (Lipinski definition) is 1. The summed E-state index contributed by atoms with van der Waals surface area (Å²) in [4.78, 5) is 11.1. The lowest BCUT2D eigenvalue weighted by molar-refractivity contribution is 0.499. The lowest BCUT2D eigenvalue weighted by Gasteiger charge is -2.32. The number of nitrogens with two attached hydrogens (primary N) is 1. The molecule has 0 unspecified atom stereocenters. The number of aromatic nitrogens is 2. The molecule has 1 aromatic heterocycles. The van der Waals surface area contributed by atoms with Crippen LogP contribution >= 0.6 is 0 Å². The molecule has 2 heterocycles. The number of hydrogen-bond acceptors (Lipinski definition) is 5. The molecule has 0 bridgehead atoms. The molecule has 23 heavy (non-hydrogen) atoms. The predicted octanol–water partition coefficient (Wildman–Crippen LogP) is 1.82. The molecule has 0 atom stereocenters. The second-order valence-electron chi connectivity index (χ2n) is 5.94. The van der Waals surface area contributed by atoms with Crippen LogP contribution in [0.4, 0.5) is 5.95 Å². The van der Waals surface area contributed by atoms with Crippen LogP contribution < -0.4 is 10.0 Å². The molecular formula is C16H20N4O2S. The first-order chi connectivity index (χ1) is 10.9. The summed E-state index contributed by atoms with van der Waals surface area (Å²) >= 11 is 0. The number of benzene rings is 1. The van der Waals surface area contributed by atoms with Crippen molar-refractivity contribution in [1.29, 1.82) is 0 Å². The summed E-state index contributed by atoms with van der Waals surface area (Å²) < 4.78 is 22.6. The van der Waals surface area contributed by atoms with E-state index in [0.29, 0.717) is 5.92 Å². The average molecular weight is 332 g/mol. The van der Waals surface area contributed by atoms with E-state index in [4.69, 9.17) is 5.14 Å². The normalized spacial score (nSPS) is 16.5. The van der Waals surface area contributed by atoms with Gasteiger partial charge in [-0.3, -0.25) is 0 Å². The fourth-order valence-corrected chi connectivity index (χ4v) is 3.41. The number of nitrogens with zero attached hydrogens (tertiary/aromatic N) is 3. The van der Waals surface area contributed by atoms with Gasteiger partial charge in [0.2, 0.25) is 16.0 Å². The maximum atomic E-state index is 11.3. The minimum atomic E-state index is -3.62. The molecule has 1 saturated heterocycles. The molecule has 0 radical (unpaired) electrons. The molecule has 122 valence electrons. The van der Waals surface area contributed by atoms with E-state index < -0.39 is 10.0 Å². The van der Waals surface area contributed by atoms with Crippen LogP contribution in [0.2, 0.25) is 0 Å². The van der Waals surface area contributed by atoms with Crippen LogP contribution in [0.25, 0.3) is 0 Å². The Morgan fingerprint density at radius 2 is 1.65 bits per heavy atom. The highest BCUT2D eigenvalue weighted by molar-refractivity contribution is 7.89. The first-order valence-corrected chi connectivity index (χ1v) is 9.14. The Morgan fingerprint density at radius 3 is 2.17 bits per heavy atom. The van der Waals surface area contributed by atoms with E-state index in [2.05, 4.69) is 14.9 Å². The monoisotopic (exact) mass is 332 g/mol. The van der Waals surface area contributed by atoms with Gasteiger partial charge in [0.15, 0.2) is 0 Å². The van der Waals surface area contributed by atoms with Crippen LogP contribution in [0.5, 0.6) is 0 Å². The van der Waals surface area contributed by atoms with Crippen molar-refractivity contribution in [2.75, 3.05) is 18.0 Å². The second kappa shape index (κ2) is 6.25. The molecule has 2 aromatic rings. The standard InChI is InChI=1S/C16H20N4O2S/c1-12-10-18-16(19-11-12)20-8-6-14(7-9-20)13-2-4-15(5-3-13)23(17,21)22/h2-5,10-11,14H,6-9H2,1H3,(H2,17,21,22). The summed E-state index contributed by atoms with van der Waals surface area (Å²) in [6.45, 7) is 3.76. The van der Waals surface area contributed by atoms with Crippen LogP contribution in [-0.2, 0) is 10.0 Å². The molecule has 0 aliphatic carbocycles. The van der Waals surface area contributed by atoms with Crippen molar-refractivity contribution in [3.05, 3.63) is 47.8 Å². The third-order valence-electron chi connectivity index (χ3n) is 4.23. The Labute approximate surface area is 136 Å². The van der Waals surface area contributed by atoms with E-state index >= 15 is 0 Å². The van der Waals surface area contributed by atoms with Gasteiger partial charge >= 0.3 is 0 Å². The Bertz CT molecular complexity index is 765. The molecule has 3 rings (SSSR count). The van der Waals surface area contributed by atoms with Gasteiger partial charge in [0, 0.05) is 25.5 Å². The highest BCUT2D eigenvalue weighted by atomic mass is 32.2. The zero-order chi connectivity index (χ0) is 16.4. The first kappa shape index (κ1) is 15.9. The highest BCUT2D eigenvalue weighted by Gasteiger charge is 2.22. The fourth-order valence-electron chi connectivity index (χ4n) is 2.89. The van der Waals surface area contributed by atoms with Crippen LogP contribution in [0, 0.1) is 6.92 Å². The van der Waals surface area contributed by atoms with Gasteiger partial charge in [-0.1, -0.05) is 12.1 Å². The van der Waals surface area contributed by atoms with Crippen LogP contribution in [0.3, 0.4) is 0 Å². The molecule has 0 saturated carbocycles. The van der Waals surface area contributed by atoms with Crippen LogP contribution in [0.1, 0.15) is 29.9 Å². The zero-order valence-electron chi connectivity index (χ0n) is 13.0.